The number of nitrogens with one attached hydrogen (secondary N) is 1. The van der Waals surface area contributed by atoms with Crippen molar-refractivity contribution in [3.8, 4) is 0 Å². The Hall–Kier alpha value is -2.76. The topological polar surface area (TPSA) is 72.8 Å². The lowest BCUT2D eigenvalue weighted by Gasteiger charge is -2.34. The molecule has 0 aromatic heterocycles. The summed E-state index contributed by atoms with van der Waals surface area (Å²) >= 11 is 0. The summed E-state index contributed by atoms with van der Waals surface area (Å²) in [6.45, 7) is 11.8. The maximum atomic E-state index is 13.2. The zero-order valence-corrected chi connectivity index (χ0v) is 17.1. The first-order valence-corrected chi connectivity index (χ1v) is 9.33. The predicted molar refractivity (Wildman–Crippen MR) is 111 cm³/mol. The first-order valence-electron chi connectivity index (χ1n) is 9.33. The number of carboxylic acid groups (broad SMARTS) is 1. The fourth-order valence-electron chi connectivity index (χ4n) is 2.94. The van der Waals surface area contributed by atoms with Gasteiger partial charge in [-0.15, -0.1) is 4.48 Å². The Morgan fingerprint density at radius 3 is 2.64 bits per heavy atom. The highest BCUT2D eigenvalue weighted by atomic mass is 19.2. The van der Waals surface area contributed by atoms with Gasteiger partial charge in [0.05, 0.1) is 11.4 Å². The quantitative estimate of drug-likeness (QED) is 0.320. The van der Waals surface area contributed by atoms with Crippen molar-refractivity contribution in [3.05, 3.63) is 70.8 Å². The molecular formula is C22H31FN2O3. The number of hydrogen-bond donors (Lipinski definition) is 3. The first kappa shape index (κ1) is 23.3. The van der Waals surface area contributed by atoms with Crippen molar-refractivity contribution >= 4 is 5.97 Å². The van der Waals surface area contributed by atoms with Gasteiger partial charge in [-0.3, -0.25) is 4.79 Å². The zero-order chi connectivity index (χ0) is 21.3. The largest absolute Gasteiger partial charge is 0.508 e. The average Bonchev–Trinajstić information content (AvgIpc) is 2.66. The molecule has 0 aromatic rings. The molecule has 0 bridgehead atoms. The molecule has 0 saturated heterocycles. The SMILES string of the molecule is C=C/C(O)=C\C(=C(/C)NF)N1CC/C(C)=C/C(CCC(=O)O)=C\C=C(/C)C1C. The molecule has 0 saturated carbocycles. The van der Waals surface area contributed by atoms with E-state index in [0.717, 1.165) is 16.7 Å². The Kier molecular flexibility index (Phi) is 9.28. The number of nitrogens with zero attached hydrogens (tertiary/aromatic N) is 1. The number of aliphatic hydroxyl groups excluding tert-OH is 1. The summed E-state index contributed by atoms with van der Waals surface area (Å²) in [5.74, 6) is -0.860. The van der Waals surface area contributed by atoms with E-state index in [2.05, 4.69) is 6.58 Å². The van der Waals surface area contributed by atoms with Crippen LogP contribution < -0.4 is 5.54 Å². The Bertz CT molecular complexity index is 745. The smallest absolute Gasteiger partial charge is 0.303 e. The van der Waals surface area contributed by atoms with Gasteiger partial charge in [0, 0.05) is 25.1 Å². The van der Waals surface area contributed by atoms with Crippen LogP contribution in [0.1, 0.15) is 47.0 Å². The van der Waals surface area contributed by atoms with E-state index in [1.807, 2.05) is 43.9 Å². The summed E-state index contributed by atoms with van der Waals surface area (Å²) in [5, 5.41) is 18.9. The van der Waals surface area contributed by atoms with Crippen molar-refractivity contribution in [3.63, 3.8) is 0 Å². The molecular weight excluding hydrogens is 359 g/mol. The zero-order valence-electron chi connectivity index (χ0n) is 17.1. The molecule has 0 radical (unpaired) electrons. The van der Waals surface area contributed by atoms with E-state index >= 15 is 0 Å². The van der Waals surface area contributed by atoms with Gasteiger partial charge in [-0.2, -0.15) is 0 Å². The Labute approximate surface area is 166 Å². The molecule has 6 heteroatoms. The van der Waals surface area contributed by atoms with Crippen LogP contribution >= 0.6 is 0 Å². The highest BCUT2D eigenvalue weighted by Gasteiger charge is 2.20. The van der Waals surface area contributed by atoms with E-state index in [0.29, 0.717) is 30.8 Å². The highest BCUT2D eigenvalue weighted by Crippen LogP contribution is 2.24. The van der Waals surface area contributed by atoms with Gasteiger partial charge in [-0.05, 0) is 52.2 Å². The van der Waals surface area contributed by atoms with Gasteiger partial charge in [-0.25, -0.2) is 5.54 Å². The van der Waals surface area contributed by atoms with E-state index in [1.54, 1.807) is 12.5 Å². The molecule has 1 heterocycles. The predicted octanol–water partition coefficient (Wildman–Crippen LogP) is 5.10. The molecule has 0 spiro atoms. The maximum Gasteiger partial charge on any atom is 0.303 e. The Morgan fingerprint density at radius 1 is 1.39 bits per heavy atom. The molecule has 154 valence electrons. The van der Waals surface area contributed by atoms with Crippen LogP contribution in [-0.4, -0.2) is 33.7 Å². The van der Waals surface area contributed by atoms with E-state index in [9.17, 15) is 14.4 Å². The molecule has 1 aliphatic heterocycles. The number of carbonyl (C=O) groups is 1. The number of rotatable bonds is 7. The van der Waals surface area contributed by atoms with Crippen molar-refractivity contribution in [2.45, 2.75) is 53.0 Å². The molecule has 0 aliphatic carbocycles. The lowest BCUT2D eigenvalue weighted by Crippen LogP contribution is -2.35. The number of carboxylic acids is 1. The minimum atomic E-state index is -0.818. The molecule has 1 rings (SSSR count). The maximum absolute atomic E-state index is 13.2. The van der Waals surface area contributed by atoms with Crippen molar-refractivity contribution in [2.24, 2.45) is 0 Å². The van der Waals surface area contributed by atoms with Crippen molar-refractivity contribution in [2.75, 3.05) is 6.54 Å². The van der Waals surface area contributed by atoms with Crippen LogP contribution in [-0.2, 0) is 4.79 Å². The third-order valence-electron chi connectivity index (χ3n) is 4.82. The highest BCUT2D eigenvalue weighted by molar-refractivity contribution is 5.67. The second-order valence-corrected chi connectivity index (χ2v) is 7.03. The number of aliphatic hydroxyl groups is 1. The van der Waals surface area contributed by atoms with Crippen molar-refractivity contribution < 1.29 is 19.5 Å². The summed E-state index contributed by atoms with van der Waals surface area (Å²) in [4.78, 5) is 12.9. The molecule has 3 N–H and O–H groups in total. The summed E-state index contributed by atoms with van der Waals surface area (Å²) in [7, 11) is 0. The molecule has 0 aromatic carbocycles. The number of halogens is 1. The molecule has 1 atom stereocenters. The van der Waals surface area contributed by atoms with E-state index < -0.39 is 5.97 Å². The lowest BCUT2D eigenvalue weighted by atomic mass is 9.99. The van der Waals surface area contributed by atoms with Gasteiger partial charge in [0.2, 0.25) is 0 Å². The van der Waals surface area contributed by atoms with Gasteiger partial charge in [-0.1, -0.05) is 36.0 Å². The number of hydrogen-bond acceptors (Lipinski definition) is 4. The Balaban J connectivity index is 3.35. The molecule has 0 amide bonds. The third kappa shape index (κ3) is 7.10. The van der Waals surface area contributed by atoms with Gasteiger partial charge in [0.15, 0.2) is 0 Å². The summed E-state index contributed by atoms with van der Waals surface area (Å²) in [6, 6.07) is -0.0601. The molecule has 1 aliphatic rings. The van der Waals surface area contributed by atoms with Crippen molar-refractivity contribution in [1.82, 2.24) is 10.4 Å². The lowest BCUT2D eigenvalue weighted by molar-refractivity contribution is -0.136. The molecule has 28 heavy (non-hydrogen) atoms. The first-order chi connectivity index (χ1) is 13.2. The second-order valence-electron chi connectivity index (χ2n) is 7.03. The second kappa shape index (κ2) is 11.2. The summed E-state index contributed by atoms with van der Waals surface area (Å²) in [5.41, 5.74) is 5.64. The van der Waals surface area contributed by atoms with E-state index in [-0.39, 0.29) is 18.2 Å². The van der Waals surface area contributed by atoms with Gasteiger partial charge < -0.3 is 15.1 Å². The summed E-state index contributed by atoms with van der Waals surface area (Å²) in [6.07, 6.45) is 10.0. The van der Waals surface area contributed by atoms with Crippen LogP contribution in [0.25, 0.3) is 0 Å². The molecule has 0 fully saturated rings. The standard InChI is InChI=1S/C22H31FN2O3/c1-6-20(26)14-21(17(4)24-23)25-12-11-15(2)13-19(9-10-22(27)28)8-7-16(3)18(25)5/h6-8,13-14,18,24,26H,1,9-12H2,2-5H3,(H,27,28)/b15-13+,16-7+,19-8-,20-14+,21-17-. The van der Waals surface area contributed by atoms with Crippen LogP contribution in [0.5, 0.6) is 0 Å². The summed E-state index contributed by atoms with van der Waals surface area (Å²) < 4.78 is 13.2. The number of allylic oxidation sites excluding steroid dienone is 7. The monoisotopic (exact) mass is 390 g/mol. The average molecular weight is 390 g/mol. The van der Waals surface area contributed by atoms with Crippen LogP contribution in [0.2, 0.25) is 0 Å². The van der Waals surface area contributed by atoms with E-state index in [4.69, 9.17) is 5.11 Å². The minimum absolute atomic E-state index is 0.0429. The Morgan fingerprint density at radius 2 is 2.07 bits per heavy atom. The van der Waals surface area contributed by atoms with Gasteiger partial charge in [0.25, 0.3) is 0 Å². The van der Waals surface area contributed by atoms with E-state index in [1.165, 1.54) is 12.2 Å². The van der Waals surface area contributed by atoms with Gasteiger partial charge >= 0.3 is 5.97 Å². The number of aliphatic carboxylic acids is 1. The fraction of sp³-hybridized carbons (Fsp3) is 0.409. The van der Waals surface area contributed by atoms with Crippen LogP contribution in [0.15, 0.2) is 70.8 Å². The normalized spacial score (nSPS) is 25.3. The fourth-order valence-corrected chi connectivity index (χ4v) is 2.94. The van der Waals surface area contributed by atoms with Crippen molar-refractivity contribution in [1.29, 1.82) is 0 Å². The molecule has 1 unspecified atom stereocenters. The van der Waals surface area contributed by atoms with Crippen LogP contribution in [0.4, 0.5) is 4.48 Å². The molecule has 5 nitrogen and oxygen atoms in total. The van der Waals surface area contributed by atoms with Crippen LogP contribution in [0, 0.1) is 0 Å². The third-order valence-corrected chi connectivity index (χ3v) is 4.82. The minimum Gasteiger partial charge on any atom is -0.508 e. The van der Waals surface area contributed by atoms with Crippen LogP contribution in [0.3, 0.4) is 0 Å². The van der Waals surface area contributed by atoms with Gasteiger partial charge in [0.1, 0.15) is 5.76 Å².